The van der Waals surface area contributed by atoms with Crippen molar-refractivity contribution in [2.24, 2.45) is 12.9 Å². The van der Waals surface area contributed by atoms with Gasteiger partial charge in [-0.3, -0.25) is 16.0 Å². The fourth-order valence-electron chi connectivity index (χ4n) is 2.35. The number of aromatic nitrogens is 2. The number of halogens is 2. The average molecular weight is 297 g/mol. The van der Waals surface area contributed by atoms with Gasteiger partial charge in [0.05, 0.1) is 11.7 Å². The van der Waals surface area contributed by atoms with Crippen LogP contribution in [0.1, 0.15) is 28.4 Å². The van der Waals surface area contributed by atoms with Gasteiger partial charge in [0.1, 0.15) is 11.0 Å². The Kier molecular flexibility index (Phi) is 4.42. The van der Waals surface area contributed by atoms with Gasteiger partial charge in [-0.15, -0.1) is 0 Å². The Morgan fingerprint density at radius 3 is 2.60 bits per heavy atom. The largest absolute Gasteiger partial charge is 0.271 e. The first kappa shape index (κ1) is 15.0. The molecular formula is C14H18ClFN4. The van der Waals surface area contributed by atoms with Crippen molar-refractivity contribution in [3.63, 3.8) is 0 Å². The molecule has 0 bridgehead atoms. The van der Waals surface area contributed by atoms with Crippen LogP contribution in [0.25, 0.3) is 0 Å². The molecule has 0 spiro atoms. The highest BCUT2D eigenvalue weighted by Gasteiger charge is 2.18. The molecule has 0 saturated carbocycles. The number of aryl methyl sites for hydroxylation is 3. The number of hydrogen-bond donors (Lipinski definition) is 2. The van der Waals surface area contributed by atoms with Gasteiger partial charge in [0.25, 0.3) is 0 Å². The Balaban J connectivity index is 2.33. The highest BCUT2D eigenvalue weighted by atomic mass is 35.5. The van der Waals surface area contributed by atoms with E-state index in [0.29, 0.717) is 11.6 Å². The Labute approximate surface area is 122 Å². The highest BCUT2D eigenvalue weighted by Crippen LogP contribution is 2.26. The van der Waals surface area contributed by atoms with Crippen LogP contribution in [0.5, 0.6) is 0 Å². The molecule has 0 fully saturated rings. The minimum Gasteiger partial charge on any atom is -0.271 e. The van der Waals surface area contributed by atoms with Crippen molar-refractivity contribution in [1.82, 2.24) is 15.2 Å². The lowest BCUT2D eigenvalue weighted by Crippen LogP contribution is -2.30. The zero-order valence-corrected chi connectivity index (χ0v) is 12.5. The van der Waals surface area contributed by atoms with Gasteiger partial charge in [0.2, 0.25) is 0 Å². The Morgan fingerprint density at radius 2 is 2.10 bits per heavy atom. The molecule has 6 heteroatoms. The molecule has 4 nitrogen and oxygen atoms in total. The number of benzene rings is 1. The number of nitrogens with two attached hydrogens (primary N) is 1. The van der Waals surface area contributed by atoms with E-state index in [9.17, 15) is 4.39 Å². The van der Waals surface area contributed by atoms with Gasteiger partial charge in [-0.1, -0.05) is 17.7 Å². The predicted octanol–water partition coefficient (Wildman–Crippen LogP) is 2.58. The Bertz CT molecular complexity index is 604. The highest BCUT2D eigenvalue weighted by molar-refractivity contribution is 6.30. The lowest BCUT2D eigenvalue weighted by molar-refractivity contribution is 0.543. The van der Waals surface area contributed by atoms with Crippen LogP contribution in [0.2, 0.25) is 5.15 Å². The van der Waals surface area contributed by atoms with Crippen molar-refractivity contribution in [1.29, 1.82) is 0 Å². The monoisotopic (exact) mass is 296 g/mol. The van der Waals surface area contributed by atoms with Gasteiger partial charge in [0, 0.05) is 12.6 Å². The number of nitrogens with zero attached hydrogens (tertiary/aromatic N) is 2. The maximum absolute atomic E-state index is 13.5. The average Bonchev–Trinajstić information content (AvgIpc) is 2.60. The predicted molar refractivity (Wildman–Crippen MR) is 77.9 cm³/mol. The minimum absolute atomic E-state index is 0.218. The van der Waals surface area contributed by atoms with Gasteiger partial charge in [-0.05, 0) is 43.5 Å². The molecule has 2 aromatic rings. The third-order valence-corrected chi connectivity index (χ3v) is 3.82. The van der Waals surface area contributed by atoms with Crippen LogP contribution in [-0.4, -0.2) is 9.78 Å². The maximum atomic E-state index is 13.5. The fourth-order valence-corrected chi connectivity index (χ4v) is 2.60. The van der Waals surface area contributed by atoms with E-state index in [4.69, 9.17) is 17.4 Å². The fraction of sp³-hybridized carbons (Fsp3) is 0.357. The quantitative estimate of drug-likeness (QED) is 0.673. The molecular weight excluding hydrogens is 279 g/mol. The first-order valence-corrected chi connectivity index (χ1v) is 6.71. The molecule has 0 radical (unpaired) electrons. The first-order chi connectivity index (χ1) is 9.42. The summed E-state index contributed by atoms with van der Waals surface area (Å²) in [4.78, 5) is 0. The smallest absolute Gasteiger partial charge is 0.130 e. The lowest BCUT2D eigenvalue weighted by Gasteiger charge is -2.17. The molecule has 1 atom stereocenters. The molecule has 20 heavy (non-hydrogen) atoms. The Morgan fingerprint density at radius 1 is 1.40 bits per heavy atom. The summed E-state index contributed by atoms with van der Waals surface area (Å²) < 4.78 is 15.1. The zero-order chi connectivity index (χ0) is 14.9. The normalized spacial score (nSPS) is 12.7. The number of rotatable bonds is 4. The van der Waals surface area contributed by atoms with Crippen molar-refractivity contribution >= 4 is 11.6 Å². The third kappa shape index (κ3) is 3.00. The van der Waals surface area contributed by atoms with Crippen LogP contribution in [0, 0.1) is 19.7 Å². The van der Waals surface area contributed by atoms with Crippen molar-refractivity contribution in [3.8, 4) is 0 Å². The van der Waals surface area contributed by atoms with Crippen LogP contribution in [-0.2, 0) is 13.5 Å². The summed E-state index contributed by atoms with van der Waals surface area (Å²) in [7, 11) is 1.79. The summed E-state index contributed by atoms with van der Waals surface area (Å²) in [6.07, 6.45) is 0.553. The van der Waals surface area contributed by atoms with Crippen LogP contribution >= 0.6 is 11.6 Å². The van der Waals surface area contributed by atoms with E-state index in [1.54, 1.807) is 11.7 Å². The van der Waals surface area contributed by atoms with Crippen LogP contribution in [0.4, 0.5) is 4.39 Å². The maximum Gasteiger partial charge on any atom is 0.130 e. The van der Waals surface area contributed by atoms with E-state index in [0.717, 1.165) is 22.4 Å². The molecule has 0 aliphatic heterocycles. The second-order valence-corrected chi connectivity index (χ2v) is 5.32. The second-order valence-electron chi connectivity index (χ2n) is 4.96. The van der Waals surface area contributed by atoms with E-state index in [2.05, 4.69) is 10.5 Å². The van der Waals surface area contributed by atoms with E-state index < -0.39 is 0 Å². The van der Waals surface area contributed by atoms with E-state index in [-0.39, 0.29) is 11.9 Å². The SMILES string of the molecule is Cc1cc(F)cc(C(Cc2c(C)nn(C)c2Cl)NN)c1. The van der Waals surface area contributed by atoms with Gasteiger partial charge in [0.15, 0.2) is 0 Å². The van der Waals surface area contributed by atoms with Crippen LogP contribution < -0.4 is 11.3 Å². The lowest BCUT2D eigenvalue weighted by atomic mass is 9.98. The second kappa shape index (κ2) is 5.91. The summed E-state index contributed by atoms with van der Waals surface area (Å²) in [5.74, 6) is 5.35. The van der Waals surface area contributed by atoms with Crippen LogP contribution in [0.15, 0.2) is 18.2 Å². The summed E-state index contributed by atoms with van der Waals surface area (Å²) >= 11 is 6.22. The van der Waals surface area contributed by atoms with Gasteiger partial charge in [-0.2, -0.15) is 5.10 Å². The van der Waals surface area contributed by atoms with E-state index in [1.165, 1.54) is 12.1 Å². The standard InChI is InChI=1S/C14H18ClFN4/c1-8-4-10(6-11(16)5-8)13(18-17)7-12-9(2)19-20(3)14(12)15/h4-6,13,18H,7,17H2,1-3H3. The van der Waals surface area contributed by atoms with Gasteiger partial charge < -0.3 is 0 Å². The summed E-state index contributed by atoms with van der Waals surface area (Å²) in [6, 6.07) is 4.66. The summed E-state index contributed by atoms with van der Waals surface area (Å²) in [5, 5.41) is 4.85. The summed E-state index contributed by atoms with van der Waals surface area (Å²) in [5.41, 5.74) is 6.14. The molecule has 0 aliphatic carbocycles. The number of hydrogen-bond acceptors (Lipinski definition) is 3. The molecule has 0 saturated heterocycles. The molecule has 2 rings (SSSR count). The van der Waals surface area contributed by atoms with Crippen molar-refractivity contribution in [2.45, 2.75) is 26.3 Å². The molecule has 108 valence electrons. The van der Waals surface area contributed by atoms with Gasteiger partial charge >= 0.3 is 0 Å². The van der Waals surface area contributed by atoms with Crippen LogP contribution in [0.3, 0.4) is 0 Å². The molecule has 1 aromatic carbocycles. The van der Waals surface area contributed by atoms with Crippen molar-refractivity contribution in [3.05, 3.63) is 51.6 Å². The topological polar surface area (TPSA) is 55.9 Å². The molecule has 1 aromatic heterocycles. The molecule has 3 N–H and O–H groups in total. The molecule has 0 amide bonds. The Hall–Kier alpha value is -1.43. The first-order valence-electron chi connectivity index (χ1n) is 6.33. The zero-order valence-electron chi connectivity index (χ0n) is 11.7. The van der Waals surface area contributed by atoms with Crippen molar-refractivity contribution in [2.75, 3.05) is 0 Å². The van der Waals surface area contributed by atoms with E-state index >= 15 is 0 Å². The number of nitrogens with one attached hydrogen (secondary N) is 1. The van der Waals surface area contributed by atoms with Gasteiger partial charge in [-0.25, -0.2) is 4.39 Å². The minimum atomic E-state index is -0.269. The molecule has 1 heterocycles. The molecule has 1 unspecified atom stereocenters. The summed E-state index contributed by atoms with van der Waals surface area (Å²) in [6.45, 7) is 3.74. The van der Waals surface area contributed by atoms with E-state index in [1.807, 2.05) is 19.9 Å². The molecule has 0 aliphatic rings. The third-order valence-electron chi connectivity index (χ3n) is 3.35. The number of hydrazine groups is 1. The van der Waals surface area contributed by atoms with Crippen molar-refractivity contribution < 1.29 is 4.39 Å².